The van der Waals surface area contributed by atoms with E-state index < -0.39 is 18.4 Å². The number of likely N-dealkylation sites (N-methyl/N-ethyl adjacent to an activating group) is 1. The molecule has 0 atom stereocenters. The molecule has 1 heterocycles. The number of hydrogen-bond acceptors (Lipinski definition) is 4. The number of hydrogen-bond donors (Lipinski definition) is 2. The van der Waals surface area contributed by atoms with Gasteiger partial charge in [-0.25, -0.2) is 9.37 Å². The molecule has 0 fully saturated rings. The minimum Gasteiger partial charge on any atom is -0.480 e. The summed E-state index contributed by atoms with van der Waals surface area (Å²) >= 11 is 6.35. The lowest BCUT2D eigenvalue weighted by Crippen LogP contribution is -2.32. The van der Waals surface area contributed by atoms with Crippen molar-refractivity contribution in [3.8, 4) is 0 Å². The fourth-order valence-electron chi connectivity index (χ4n) is 2.87. The van der Waals surface area contributed by atoms with Crippen molar-refractivity contribution < 1.29 is 19.1 Å². The van der Waals surface area contributed by atoms with E-state index >= 15 is 0 Å². The second kappa shape index (κ2) is 7.82. The summed E-state index contributed by atoms with van der Waals surface area (Å²) in [5.74, 6) is -1.58. The van der Waals surface area contributed by atoms with E-state index in [1.807, 2.05) is 0 Å². The molecule has 144 valence electrons. The van der Waals surface area contributed by atoms with E-state index in [1.54, 1.807) is 37.3 Å². The first-order chi connectivity index (χ1) is 13.3. The minimum absolute atomic E-state index is 0.186. The van der Waals surface area contributed by atoms with E-state index in [2.05, 4.69) is 10.3 Å². The van der Waals surface area contributed by atoms with Crippen LogP contribution in [0.15, 0.2) is 42.6 Å². The summed E-state index contributed by atoms with van der Waals surface area (Å²) in [7, 11) is 1.39. The van der Waals surface area contributed by atoms with Crippen LogP contribution in [0.5, 0.6) is 0 Å². The van der Waals surface area contributed by atoms with Crippen LogP contribution in [0.3, 0.4) is 0 Å². The number of halogens is 2. The number of nitrogens with one attached hydrogen (secondary N) is 1. The van der Waals surface area contributed by atoms with Crippen molar-refractivity contribution in [1.82, 2.24) is 9.88 Å². The third-order valence-electron chi connectivity index (χ3n) is 4.33. The van der Waals surface area contributed by atoms with Crippen molar-refractivity contribution in [2.75, 3.05) is 18.9 Å². The molecule has 2 aromatic carbocycles. The van der Waals surface area contributed by atoms with Gasteiger partial charge >= 0.3 is 5.97 Å². The van der Waals surface area contributed by atoms with E-state index in [-0.39, 0.29) is 11.4 Å². The molecular weight excluding hydrogens is 385 g/mol. The Morgan fingerprint density at radius 3 is 2.68 bits per heavy atom. The van der Waals surface area contributed by atoms with Gasteiger partial charge in [-0.15, -0.1) is 0 Å². The van der Waals surface area contributed by atoms with Crippen LogP contribution in [-0.4, -0.2) is 40.5 Å². The molecule has 0 spiro atoms. The Morgan fingerprint density at radius 2 is 1.96 bits per heavy atom. The summed E-state index contributed by atoms with van der Waals surface area (Å²) in [5, 5.41) is 13.3. The van der Waals surface area contributed by atoms with E-state index in [1.165, 1.54) is 19.3 Å². The third kappa shape index (κ3) is 3.75. The van der Waals surface area contributed by atoms with Gasteiger partial charge in [-0.2, -0.15) is 0 Å². The maximum absolute atomic E-state index is 13.8. The van der Waals surface area contributed by atoms with Gasteiger partial charge in [-0.1, -0.05) is 29.8 Å². The van der Waals surface area contributed by atoms with Crippen molar-refractivity contribution in [3.63, 3.8) is 0 Å². The van der Waals surface area contributed by atoms with Crippen molar-refractivity contribution in [2.45, 2.75) is 6.92 Å². The number of nitrogens with zero attached hydrogens (tertiary/aromatic N) is 2. The number of carboxylic acid groups (broad SMARTS) is 1. The number of carbonyl (C=O) groups is 2. The average molecular weight is 402 g/mol. The molecule has 8 heteroatoms. The first kappa shape index (κ1) is 19.6. The number of pyridine rings is 1. The van der Waals surface area contributed by atoms with Crippen LogP contribution in [0.2, 0.25) is 5.02 Å². The molecule has 0 saturated heterocycles. The molecular formula is C20H17ClFN3O3. The molecule has 0 radical (unpaired) electrons. The largest absolute Gasteiger partial charge is 0.480 e. The normalized spacial score (nSPS) is 10.7. The smallest absolute Gasteiger partial charge is 0.323 e. The van der Waals surface area contributed by atoms with Gasteiger partial charge in [0.1, 0.15) is 18.2 Å². The van der Waals surface area contributed by atoms with Crippen molar-refractivity contribution >= 4 is 45.8 Å². The number of carboxylic acids is 1. The highest BCUT2D eigenvalue weighted by atomic mass is 35.5. The highest BCUT2D eigenvalue weighted by Crippen LogP contribution is 2.33. The summed E-state index contributed by atoms with van der Waals surface area (Å²) < 4.78 is 13.8. The SMILES string of the molecule is Cc1c(F)cccc1Nc1ncc(C(=O)N(C)CC(=O)O)c2c(Cl)cccc12. The number of carbonyl (C=O) groups excluding carboxylic acids is 1. The third-order valence-corrected chi connectivity index (χ3v) is 4.65. The van der Waals surface area contributed by atoms with Gasteiger partial charge < -0.3 is 15.3 Å². The number of anilines is 2. The van der Waals surface area contributed by atoms with Gasteiger partial charge in [-0.05, 0) is 25.1 Å². The van der Waals surface area contributed by atoms with Gasteiger partial charge in [0.2, 0.25) is 0 Å². The van der Waals surface area contributed by atoms with Gasteiger partial charge in [0.05, 0.1) is 5.56 Å². The molecule has 1 aromatic heterocycles. The summed E-state index contributed by atoms with van der Waals surface area (Å²) in [5.41, 5.74) is 1.16. The number of benzene rings is 2. The lowest BCUT2D eigenvalue weighted by molar-refractivity contribution is -0.137. The summed E-state index contributed by atoms with van der Waals surface area (Å²) in [6.45, 7) is 1.19. The molecule has 2 N–H and O–H groups in total. The Kier molecular flexibility index (Phi) is 5.46. The van der Waals surface area contributed by atoms with Crippen molar-refractivity contribution in [1.29, 1.82) is 0 Å². The molecule has 3 aromatic rings. The second-order valence-electron chi connectivity index (χ2n) is 6.28. The van der Waals surface area contributed by atoms with Crippen LogP contribution in [0.4, 0.5) is 15.9 Å². The molecule has 1 amide bonds. The van der Waals surface area contributed by atoms with E-state index in [0.717, 1.165) is 4.90 Å². The van der Waals surface area contributed by atoms with Gasteiger partial charge in [0, 0.05) is 40.3 Å². The zero-order valence-electron chi connectivity index (χ0n) is 15.2. The van der Waals surface area contributed by atoms with Crippen LogP contribution >= 0.6 is 11.6 Å². The van der Waals surface area contributed by atoms with Crippen LogP contribution in [0.25, 0.3) is 10.8 Å². The zero-order chi connectivity index (χ0) is 20.4. The van der Waals surface area contributed by atoms with Crippen molar-refractivity contribution in [3.05, 3.63) is 64.6 Å². The fourth-order valence-corrected chi connectivity index (χ4v) is 3.15. The quantitative estimate of drug-likeness (QED) is 0.668. The molecule has 0 aliphatic rings. The van der Waals surface area contributed by atoms with Crippen LogP contribution < -0.4 is 5.32 Å². The summed E-state index contributed by atoms with van der Waals surface area (Å²) in [6, 6.07) is 9.75. The lowest BCUT2D eigenvalue weighted by Gasteiger charge is -2.18. The Balaban J connectivity index is 2.11. The Hall–Kier alpha value is -3.19. The molecule has 0 bridgehead atoms. The first-order valence-corrected chi connectivity index (χ1v) is 8.74. The molecule has 3 rings (SSSR count). The van der Waals surface area contributed by atoms with Gasteiger partial charge in [0.15, 0.2) is 0 Å². The van der Waals surface area contributed by atoms with E-state index in [0.29, 0.717) is 32.9 Å². The maximum atomic E-state index is 13.8. The van der Waals surface area contributed by atoms with Gasteiger partial charge in [-0.3, -0.25) is 9.59 Å². The predicted molar refractivity (Wildman–Crippen MR) is 106 cm³/mol. The zero-order valence-corrected chi connectivity index (χ0v) is 15.9. The monoisotopic (exact) mass is 401 g/mol. The Morgan fingerprint density at radius 1 is 1.25 bits per heavy atom. The predicted octanol–water partition coefficient (Wildman–Crippen LogP) is 4.24. The Bertz CT molecular complexity index is 1090. The average Bonchev–Trinajstić information content (AvgIpc) is 2.65. The summed E-state index contributed by atoms with van der Waals surface area (Å²) in [6.07, 6.45) is 1.34. The molecule has 28 heavy (non-hydrogen) atoms. The number of rotatable bonds is 5. The standard InChI is InChI=1S/C20H17ClFN3O3/c1-11-15(22)7-4-8-16(11)24-19-12-5-3-6-14(21)18(12)13(9-23-19)20(28)25(2)10-17(26)27/h3-9H,10H2,1-2H3,(H,23,24)(H,26,27). The topological polar surface area (TPSA) is 82.5 Å². The highest BCUT2D eigenvalue weighted by molar-refractivity contribution is 6.37. The number of aromatic nitrogens is 1. The van der Waals surface area contributed by atoms with Gasteiger partial charge in [0.25, 0.3) is 5.91 Å². The number of fused-ring (bicyclic) bond motifs is 1. The van der Waals surface area contributed by atoms with Crippen LogP contribution in [0.1, 0.15) is 15.9 Å². The first-order valence-electron chi connectivity index (χ1n) is 8.36. The number of amides is 1. The van der Waals surface area contributed by atoms with Crippen LogP contribution in [0, 0.1) is 12.7 Å². The fraction of sp³-hybridized carbons (Fsp3) is 0.150. The minimum atomic E-state index is -1.13. The molecule has 0 unspecified atom stereocenters. The highest BCUT2D eigenvalue weighted by Gasteiger charge is 2.21. The maximum Gasteiger partial charge on any atom is 0.323 e. The molecule has 0 saturated carbocycles. The van der Waals surface area contributed by atoms with Crippen LogP contribution in [-0.2, 0) is 4.79 Å². The second-order valence-corrected chi connectivity index (χ2v) is 6.68. The summed E-state index contributed by atoms with van der Waals surface area (Å²) in [4.78, 5) is 29.0. The van der Waals surface area contributed by atoms with E-state index in [4.69, 9.17) is 16.7 Å². The molecule has 0 aliphatic heterocycles. The Labute approximate surface area is 165 Å². The number of aliphatic carboxylic acids is 1. The molecule has 6 nitrogen and oxygen atoms in total. The van der Waals surface area contributed by atoms with Crippen molar-refractivity contribution in [2.24, 2.45) is 0 Å². The lowest BCUT2D eigenvalue weighted by atomic mass is 10.1. The molecule has 0 aliphatic carbocycles. The van der Waals surface area contributed by atoms with E-state index in [9.17, 15) is 14.0 Å².